The van der Waals surface area contributed by atoms with E-state index in [2.05, 4.69) is 10.1 Å². The minimum atomic E-state index is -0.460. The number of aromatic nitrogens is 3. The first-order chi connectivity index (χ1) is 11.6. The second-order valence-corrected chi connectivity index (χ2v) is 6.83. The maximum Gasteiger partial charge on any atom is 0.291 e. The van der Waals surface area contributed by atoms with Gasteiger partial charge in [0.1, 0.15) is 0 Å². The van der Waals surface area contributed by atoms with E-state index in [1.807, 2.05) is 17.5 Å². The van der Waals surface area contributed by atoms with Crippen molar-refractivity contribution in [2.24, 2.45) is 0 Å². The zero-order valence-electron chi connectivity index (χ0n) is 11.9. The van der Waals surface area contributed by atoms with E-state index in [0.717, 1.165) is 4.88 Å². The highest BCUT2D eigenvalue weighted by atomic mass is 32.1. The van der Waals surface area contributed by atoms with E-state index in [1.165, 1.54) is 39.3 Å². The molecule has 0 aliphatic carbocycles. The van der Waals surface area contributed by atoms with Crippen LogP contribution in [-0.4, -0.2) is 19.5 Å². The number of thiazole rings is 1. The molecule has 0 fully saturated rings. The minimum absolute atomic E-state index is 0.0118. The summed E-state index contributed by atoms with van der Waals surface area (Å²) in [5, 5.41) is 16.9. The van der Waals surface area contributed by atoms with Gasteiger partial charge in [-0.2, -0.15) is 9.50 Å². The molecule has 0 bridgehead atoms. The zero-order chi connectivity index (χ0) is 16.7. The smallest absolute Gasteiger partial charge is 0.266 e. The van der Waals surface area contributed by atoms with Gasteiger partial charge in [-0.15, -0.1) is 16.4 Å². The van der Waals surface area contributed by atoms with Crippen LogP contribution in [0.1, 0.15) is 5.56 Å². The molecule has 0 saturated heterocycles. The topological polar surface area (TPSA) is 90.4 Å². The number of non-ortho nitro benzene ring substituents is 1. The molecule has 0 aliphatic rings. The Hall–Kier alpha value is -2.91. The zero-order valence-corrected chi connectivity index (χ0v) is 13.6. The van der Waals surface area contributed by atoms with Gasteiger partial charge in [-0.3, -0.25) is 14.9 Å². The number of hydrogen-bond donors (Lipinski definition) is 0. The molecule has 0 N–H and O–H groups in total. The predicted octanol–water partition coefficient (Wildman–Crippen LogP) is 2.34. The number of rotatable bonds is 3. The fraction of sp³-hybridized carbons (Fsp3) is 0. The fourth-order valence-corrected chi connectivity index (χ4v) is 3.75. The van der Waals surface area contributed by atoms with Crippen molar-refractivity contribution in [3.8, 4) is 10.7 Å². The Morgan fingerprint density at radius 1 is 1.21 bits per heavy atom. The average Bonchev–Trinajstić information content (AvgIpc) is 3.27. The third-order valence-electron chi connectivity index (χ3n) is 3.33. The van der Waals surface area contributed by atoms with Crippen molar-refractivity contribution >= 4 is 39.4 Å². The van der Waals surface area contributed by atoms with Crippen LogP contribution in [0.4, 0.5) is 5.69 Å². The molecule has 1 aromatic carbocycles. The van der Waals surface area contributed by atoms with E-state index in [0.29, 0.717) is 20.9 Å². The van der Waals surface area contributed by atoms with Crippen molar-refractivity contribution in [3.05, 3.63) is 72.3 Å². The first-order valence-corrected chi connectivity index (χ1v) is 8.51. The lowest BCUT2D eigenvalue weighted by Gasteiger charge is -1.92. The minimum Gasteiger partial charge on any atom is -0.266 e. The van der Waals surface area contributed by atoms with E-state index in [1.54, 1.807) is 18.2 Å². The highest BCUT2D eigenvalue weighted by molar-refractivity contribution is 7.15. The highest BCUT2D eigenvalue weighted by Crippen LogP contribution is 2.21. The Labute approximate surface area is 142 Å². The van der Waals surface area contributed by atoms with Crippen LogP contribution < -0.4 is 10.1 Å². The van der Waals surface area contributed by atoms with Crippen LogP contribution in [0.2, 0.25) is 0 Å². The molecular formula is C15H8N4O3S2. The molecule has 0 saturated carbocycles. The van der Waals surface area contributed by atoms with Gasteiger partial charge in [0.15, 0.2) is 5.82 Å². The number of thiophene rings is 1. The lowest BCUT2D eigenvalue weighted by molar-refractivity contribution is -0.384. The highest BCUT2D eigenvalue weighted by Gasteiger charge is 2.12. The van der Waals surface area contributed by atoms with Crippen LogP contribution in [0.15, 0.2) is 46.6 Å². The van der Waals surface area contributed by atoms with E-state index < -0.39 is 4.92 Å². The summed E-state index contributed by atoms with van der Waals surface area (Å²) in [6.07, 6.45) is 1.68. The number of fused-ring (bicyclic) bond motifs is 1. The van der Waals surface area contributed by atoms with Crippen molar-refractivity contribution in [2.75, 3.05) is 0 Å². The molecule has 0 amide bonds. The molecule has 4 rings (SSSR count). The van der Waals surface area contributed by atoms with Gasteiger partial charge in [-0.05, 0) is 35.2 Å². The summed E-state index contributed by atoms with van der Waals surface area (Å²) in [4.78, 5) is 28.5. The molecule has 0 unspecified atom stereocenters. The van der Waals surface area contributed by atoms with E-state index in [-0.39, 0.29) is 11.2 Å². The Kier molecular flexibility index (Phi) is 3.44. The van der Waals surface area contributed by atoms with Crippen molar-refractivity contribution in [1.29, 1.82) is 0 Å². The Bertz CT molecular complexity index is 1140. The summed E-state index contributed by atoms with van der Waals surface area (Å²) >= 11 is 2.75. The van der Waals surface area contributed by atoms with Crippen LogP contribution in [0.25, 0.3) is 21.7 Å². The first-order valence-electron chi connectivity index (χ1n) is 6.81. The van der Waals surface area contributed by atoms with Gasteiger partial charge in [0.2, 0.25) is 4.96 Å². The third kappa shape index (κ3) is 2.49. The second kappa shape index (κ2) is 5.62. The van der Waals surface area contributed by atoms with E-state index in [9.17, 15) is 14.9 Å². The van der Waals surface area contributed by atoms with Crippen molar-refractivity contribution in [1.82, 2.24) is 14.6 Å². The van der Waals surface area contributed by atoms with Gasteiger partial charge in [0.05, 0.1) is 14.3 Å². The average molecular weight is 356 g/mol. The van der Waals surface area contributed by atoms with Gasteiger partial charge in [0.25, 0.3) is 11.2 Å². The summed E-state index contributed by atoms with van der Waals surface area (Å²) in [7, 11) is 0. The van der Waals surface area contributed by atoms with Crippen LogP contribution in [0.3, 0.4) is 0 Å². The summed E-state index contributed by atoms with van der Waals surface area (Å²) in [5.74, 6) is 0.537. The fourth-order valence-electron chi connectivity index (χ4n) is 2.19. The number of nitro benzene ring substituents is 1. The first kappa shape index (κ1) is 14.7. The second-order valence-electron chi connectivity index (χ2n) is 4.87. The molecule has 0 spiro atoms. The van der Waals surface area contributed by atoms with Crippen LogP contribution in [0, 0.1) is 10.1 Å². The summed E-state index contributed by atoms with van der Waals surface area (Å²) in [6, 6.07) is 9.82. The molecule has 7 nitrogen and oxygen atoms in total. The normalized spacial score (nSPS) is 12.1. The molecule has 9 heteroatoms. The van der Waals surface area contributed by atoms with Crippen LogP contribution in [-0.2, 0) is 0 Å². The maximum atomic E-state index is 12.4. The predicted molar refractivity (Wildman–Crippen MR) is 92.3 cm³/mol. The molecule has 0 atom stereocenters. The standard InChI is InChI=1S/C15H8N4O3S2/c20-14-12(8-9-3-5-10(6-4-9)19(21)22)24-15-16-13(17-18(14)15)11-2-1-7-23-11/h1-8H/b12-8-. The Morgan fingerprint density at radius 3 is 2.62 bits per heavy atom. The Morgan fingerprint density at radius 2 is 2.00 bits per heavy atom. The van der Waals surface area contributed by atoms with E-state index >= 15 is 0 Å². The summed E-state index contributed by atoms with van der Waals surface area (Å²) < 4.78 is 1.77. The SMILES string of the molecule is O=c1/c(=C/c2ccc([N+](=O)[O-])cc2)sc2nc(-c3cccs3)nn12. The quantitative estimate of drug-likeness (QED) is 0.415. The lowest BCUT2D eigenvalue weighted by Crippen LogP contribution is -2.23. The summed E-state index contributed by atoms with van der Waals surface area (Å²) in [5.41, 5.74) is 0.474. The molecule has 0 aliphatic heterocycles. The van der Waals surface area contributed by atoms with Crippen molar-refractivity contribution in [3.63, 3.8) is 0 Å². The van der Waals surface area contributed by atoms with Crippen LogP contribution >= 0.6 is 22.7 Å². The molecule has 24 heavy (non-hydrogen) atoms. The number of benzene rings is 1. The van der Waals surface area contributed by atoms with Crippen molar-refractivity contribution < 1.29 is 4.92 Å². The molecule has 3 aromatic heterocycles. The molecule has 0 radical (unpaired) electrons. The van der Waals surface area contributed by atoms with Gasteiger partial charge in [0, 0.05) is 12.1 Å². The largest absolute Gasteiger partial charge is 0.291 e. The van der Waals surface area contributed by atoms with Crippen LogP contribution in [0.5, 0.6) is 0 Å². The molecular weight excluding hydrogens is 348 g/mol. The monoisotopic (exact) mass is 356 g/mol. The lowest BCUT2D eigenvalue weighted by atomic mass is 10.2. The molecule has 4 aromatic rings. The van der Waals surface area contributed by atoms with Gasteiger partial charge >= 0.3 is 0 Å². The third-order valence-corrected chi connectivity index (χ3v) is 5.15. The van der Waals surface area contributed by atoms with Crippen molar-refractivity contribution in [2.45, 2.75) is 0 Å². The number of hydrogen-bond acceptors (Lipinski definition) is 7. The van der Waals surface area contributed by atoms with Gasteiger partial charge in [-0.25, -0.2) is 0 Å². The Balaban J connectivity index is 1.77. The molecule has 118 valence electrons. The molecule has 3 heterocycles. The number of nitrogens with zero attached hydrogens (tertiary/aromatic N) is 4. The van der Waals surface area contributed by atoms with Gasteiger partial charge in [-0.1, -0.05) is 17.4 Å². The number of nitro groups is 1. The maximum absolute atomic E-state index is 12.4. The van der Waals surface area contributed by atoms with Gasteiger partial charge < -0.3 is 0 Å². The van der Waals surface area contributed by atoms with E-state index in [4.69, 9.17) is 0 Å². The summed E-state index contributed by atoms with van der Waals surface area (Å²) in [6.45, 7) is 0.